The standard InChI is InChI=1S/C28H25FN2O4S/c1-3-17-5-4-6-18(13-17)16-31(36(33)34)24-15-25-23(14-22(24)19-7-8-19)26(28(32)30-2)27(35-25)20-9-11-21(29)12-10-20/h3-6,9-15,19H,1,7-8,16H2,2H3,(H,30,32)(H,33,34)/p-1. The first-order valence-electron chi connectivity index (χ1n) is 11.6. The number of carbonyl (C=O) groups is 1. The van der Waals surface area contributed by atoms with Crippen LogP contribution in [-0.2, 0) is 17.8 Å². The average molecular weight is 504 g/mol. The Bertz CT molecular complexity index is 1490. The molecule has 1 amide bonds. The van der Waals surface area contributed by atoms with E-state index in [0.717, 1.165) is 29.5 Å². The van der Waals surface area contributed by atoms with Crippen molar-refractivity contribution < 1.29 is 22.4 Å². The fraction of sp³-hybridized carbons (Fsp3) is 0.179. The van der Waals surface area contributed by atoms with E-state index in [9.17, 15) is 17.9 Å². The van der Waals surface area contributed by atoms with Gasteiger partial charge in [0.2, 0.25) is 0 Å². The van der Waals surface area contributed by atoms with Crippen molar-refractivity contribution >= 4 is 39.9 Å². The van der Waals surface area contributed by atoms with Crippen LogP contribution in [0.25, 0.3) is 28.4 Å². The Hall–Kier alpha value is -3.75. The zero-order valence-corrected chi connectivity index (χ0v) is 20.4. The lowest BCUT2D eigenvalue weighted by Gasteiger charge is -2.29. The molecule has 6 nitrogen and oxygen atoms in total. The van der Waals surface area contributed by atoms with Crippen LogP contribution >= 0.6 is 0 Å². The van der Waals surface area contributed by atoms with Gasteiger partial charge in [0.15, 0.2) is 0 Å². The normalized spacial score (nSPS) is 14.0. The summed E-state index contributed by atoms with van der Waals surface area (Å²) in [6, 6.07) is 16.8. The minimum atomic E-state index is -2.56. The number of rotatable bonds is 8. The number of hydrogen-bond donors (Lipinski definition) is 1. The van der Waals surface area contributed by atoms with Gasteiger partial charge in [-0.1, -0.05) is 30.9 Å². The van der Waals surface area contributed by atoms with Gasteiger partial charge >= 0.3 is 0 Å². The van der Waals surface area contributed by atoms with Crippen molar-refractivity contribution in [1.82, 2.24) is 5.32 Å². The van der Waals surface area contributed by atoms with E-state index in [0.29, 0.717) is 33.5 Å². The highest BCUT2D eigenvalue weighted by atomic mass is 32.2. The highest BCUT2D eigenvalue weighted by Gasteiger charge is 2.31. The molecule has 8 heteroatoms. The minimum absolute atomic E-state index is 0.136. The van der Waals surface area contributed by atoms with Crippen molar-refractivity contribution in [2.75, 3.05) is 11.4 Å². The number of anilines is 1. The van der Waals surface area contributed by atoms with Gasteiger partial charge in [-0.3, -0.25) is 13.3 Å². The molecule has 0 saturated heterocycles. The lowest BCUT2D eigenvalue weighted by atomic mass is 10.00. The summed E-state index contributed by atoms with van der Waals surface area (Å²) in [5.41, 5.74) is 4.34. The molecule has 1 heterocycles. The smallest absolute Gasteiger partial charge is 0.255 e. The Morgan fingerprint density at radius 3 is 2.61 bits per heavy atom. The maximum atomic E-state index is 13.5. The van der Waals surface area contributed by atoms with Crippen molar-refractivity contribution in [2.45, 2.75) is 25.3 Å². The number of nitrogens with zero attached hydrogens (tertiary/aromatic N) is 1. The number of fused-ring (bicyclic) bond motifs is 1. The first-order chi connectivity index (χ1) is 17.4. The lowest BCUT2D eigenvalue weighted by molar-refractivity contribution is 0.0964. The van der Waals surface area contributed by atoms with E-state index in [-0.39, 0.29) is 18.4 Å². The van der Waals surface area contributed by atoms with Gasteiger partial charge in [-0.25, -0.2) is 4.39 Å². The van der Waals surface area contributed by atoms with Gasteiger partial charge in [-0.2, -0.15) is 0 Å². The predicted molar refractivity (Wildman–Crippen MR) is 139 cm³/mol. The summed E-state index contributed by atoms with van der Waals surface area (Å²) in [5.74, 6) is -0.245. The average Bonchev–Trinajstić information content (AvgIpc) is 3.67. The highest BCUT2D eigenvalue weighted by molar-refractivity contribution is 7.80. The topological polar surface area (TPSA) is 85.6 Å². The summed E-state index contributed by atoms with van der Waals surface area (Å²) in [7, 11) is 1.53. The number of hydrogen-bond acceptors (Lipinski definition) is 4. The molecule has 5 rings (SSSR count). The van der Waals surface area contributed by atoms with Gasteiger partial charge in [0.25, 0.3) is 5.91 Å². The van der Waals surface area contributed by atoms with Crippen molar-refractivity contribution in [3.8, 4) is 11.3 Å². The van der Waals surface area contributed by atoms with E-state index >= 15 is 0 Å². The highest BCUT2D eigenvalue weighted by Crippen LogP contribution is 2.48. The molecule has 0 bridgehead atoms. The second kappa shape index (κ2) is 9.72. The van der Waals surface area contributed by atoms with E-state index in [1.54, 1.807) is 24.3 Å². The lowest BCUT2D eigenvalue weighted by Crippen LogP contribution is -2.26. The van der Waals surface area contributed by atoms with Crippen LogP contribution in [0.4, 0.5) is 10.1 Å². The third-order valence-corrected chi connectivity index (χ3v) is 7.06. The van der Waals surface area contributed by atoms with Crippen molar-refractivity contribution in [2.24, 2.45) is 0 Å². The zero-order chi connectivity index (χ0) is 25.4. The number of amides is 1. The molecular weight excluding hydrogens is 479 g/mol. The molecule has 3 aromatic carbocycles. The molecule has 0 aliphatic heterocycles. The first-order valence-corrected chi connectivity index (χ1v) is 12.6. The van der Waals surface area contributed by atoms with E-state index in [1.807, 2.05) is 30.3 Å². The molecule has 36 heavy (non-hydrogen) atoms. The summed E-state index contributed by atoms with van der Waals surface area (Å²) < 4.78 is 45.9. The van der Waals surface area contributed by atoms with Gasteiger partial charge in [-0.05, 0) is 71.8 Å². The second-order valence-corrected chi connectivity index (χ2v) is 9.65. The van der Waals surface area contributed by atoms with Crippen LogP contribution in [0.3, 0.4) is 0 Å². The van der Waals surface area contributed by atoms with E-state index < -0.39 is 17.1 Å². The van der Waals surface area contributed by atoms with Gasteiger partial charge in [-0.15, -0.1) is 0 Å². The SMILES string of the molecule is C=Cc1cccc(CN(c2cc3oc(-c4ccc(F)cc4)c(C(=O)NC)c3cc2C2CC2)S(=O)[O-])c1. The van der Waals surface area contributed by atoms with Crippen molar-refractivity contribution in [3.05, 3.63) is 95.3 Å². The molecule has 1 saturated carbocycles. The van der Waals surface area contributed by atoms with Gasteiger partial charge in [0, 0.05) is 35.3 Å². The number of carbonyl (C=O) groups excluding carboxylic acids is 1. The number of halogens is 1. The summed E-state index contributed by atoms with van der Waals surface area (Å²) in [4.78, 5) is 12.9. The molecule has 1 fully saturated rings. The maximum absolute atomic E-state index is 13.5. The van der Waals surface area contributed by atoms with Crippen LogP contribution in [0.2, 0.25) is 0 Å². The molecule has 0 spiro atoms. The predicted octanol–water partition coefficient (Wildman–Crippen LogP) is 5.92. The van der Waals surface area contributed by atoms with E-state index in [4.69, 9.17) is 4.42 Å². The molecular formula is C28H24FN2O4S-. The Balaban J connectivity index is 1.68. The number of nitrogens with one attached hydrogen (secondary N) is 1. The van der Waals surface area contributed by atoms with Gasteiger partial charge in [0.05, 0.1) is 17.8 Å². The van der Waals surface area contributed by atoms with Crippen LogP contribution in [-0.4, -0.2) is 21.7 Å². The first kappa shape index (κ1) is 24.0. The third kappa shape index (κ3) is 4.57. The van der Waals surface area contributed by atoms with Gasteiger partial charge < -0.3 is 14.3 Å². The van der Waals surface area contributed by atoms with E-state index in [1.165, 1.54) is 23.5 Å². The van der Waals surface area contributed by atoms with Crippen LogP contribution in [0.1, 0.15) is 45.8 Å². The Kier molecular flexibility index (Phi) is 6.47. The van der Waals surface area contributed by atoms with Crippen LogP contribution in [0, 0.1) is 5.82 Å². The molecule has 1 N–H and O–H groups in total. The van der Waals surface area contributed by atoms with E-state index in [2.05, 4.69) is 11.9 Å². The molecule has 1 unspecified atom stereocenters. The molecule has 1 aliphatic carbocycles. The number of furan rings is 1. The fourth-order valence-electron chi connectivity index (χ4n) is 4.44. The van der Waals surface area contributed by atoms with Gasteiger partial charge in [0.1, 0.15) is 17.2 Å². The summed E-state index contributed by atoms with van der Waals surface area (Å²) >= 11 is -2.56. The molecule has 184 valence electrons. The summed E-state index contributed by atoms with van der Waals surface area (Å²) in [5, 5.41) is 3.24. The summed E-state index contributed by atoms with van der Waals surface area (Å²) in [6.07, 6.45) is 3.58. The Morgan fingerprint density at radius 1 is 1.22 bits per heavy atom. The molecule has 1 aliphatic rings. The van der Waals surface area contributed by atoms with Crippen molar-refractivity contribution in [3.63, 3.8) is 0 Å². The largest absolute Gasteiger partial charge is 0.755 e. The maximum Gasteiger partial charge on any atom is 0.255 e. The molecule has 0 radical (unpaired) electrons. The second-order valence-electron chi connectivity index (χ2n) is 8.78. The molecule has 1 atom stereocenters. The summed E-state index contributed by atoms with van der Waals surface area (Å²) in [6.45, 7) is 3.92. The Labute approximate surface area is 210 Å². The Morgan fingerprint density at radius 2 is 1.97 bits per heavy atom. The third-order valence-electron chi connectivity index (χ3n) is 6.38. The van der Waals surface area contributed by atoms with Crippen LogP contribution in [0.5, 0.6) is 0 Å². The minimum Gasteiger partial charge on any atom is -0.755 e. The molecule has 4 aromatic rings. The molecule has 1 aromatic heterocycles. The van der Waals surface area contributed by atoms with Crippen LogP contribution in [0.15, 0.2) is 71.7 Å². The van der Waals surface area contributed by atoms with Crippen LogP contribution < -0.4 is 9.62 Å². The monoisotopic (exact) mass is 503 g/mol. The zero-order valence-electron chi connectivity index (χ0n) is 19.6. The number of benzene rings is 3. The quantitative estimate of drug-likeness (QED) is 0.303. The fourth-order valence-corrected chi connectivity index (χ4v) is 5.02. The van der Waals surface area contributed by atoms with Crippen molar-refractivity contribution in [1.29, 1.82) is 0 Å².